The van der Waals surface area contributed by atoms with Gasteiger partial charge in [0.2, 0.25) is 0 Å². The quantitative estimate of drug-likeness (QED) is 0.753. The van der Waals surface area contributed by atoms with Crippen LogP contribution in [0.2, 0.25) is 5.02 Å². The summed E-state index contributed by atoms with van der Waals surface area (Å²) in [5.41, 5.74) is 1.01. The SMILES string of the molecule is Clc1cc2c(cc1C(Br)C1CCCCO1)OCCO2. The van der Waals surface area contributed by atoms with Crippen molar-refractivity contribution in [2.75, 3.05) is 19.8 Å². The maximum absolute atomic E-state index is 6.35. The second-order valence-corrected chi connectivity index (χ2v) is 6.22. The van der Waals surface area contributed by atoms with Crippen molar-refractivity contribution in [3.63, 3.8) is 0 Å². The molecule has 1 saturated heterocycles. The summed E-state index contributed by atoms with van der Waals surface area (Å²) in [6.45, 7) is 1.99. The third kappa shape index (κ3) is 2.86. The van der Waals surface area contributed by atoms with Crippen LogP contribution in [0.15, 0.2) is 12.1 Å². The number of benzene rings is 1. The van der Waals surface area contributed by atoms with Crippen LogP contribution in [0.3, 0.4) is 0 Å². The molecule has 3 nitrogen and oxygen atoms in total. The summed E-state index contributed by atoms with van der Waals surface area (Å²) >= 11 is 10.1. The van der Waals surface area contributed by atoms with Gasteiger partial charge in [0.1, 0.15) is 13.2 Å². The number of ether oxygens (including phenoxy) is 3. The van der Waals surface area contributed by atoms with Crippen LogP contribution in [0.5, 0.6) is 11.5 Å². The first-order chi connectivity index (χ1) is 9.25. The number of hydrogen-bond donors (Lipinski definition) is 0. The Kier molecular flexibility index (Phi) is 4.20. The summed E-state index contributed by atoms with van der Waals surface area (Å²) in [7, 11) is 0. The summed E-state index contributed by atoms with van der Waals surface area (Å²) < 4.78 is 17.0. The van der Waals surface area contributed by atoms with E-state index in [4.69, 9.17) is 25.8 Å². The number of hydrogen-bond acceptors (Lipinski definition) is 3. The topological polar surface area (TPSA) is 27.7 Å². The van der Waals surface area contributed by atoms with E-state index in [1.54, 1.807) is 0 Å². The molecular formula is C14H16BrClO3. The Morgan fingerprint density at radius 2 is 1.84 bits per heavy atom. The number of fused-ring (bicyclic) bond motifs is 1. The molecule has 2 atom stereocenters. The minimum atomic E-state index is 0.0936. The van der Waals surface area contributed by atoms with Crippen LogP contribution in [0.1, 0.15) is 29.7 Å². The van der Waals surface area contributed by atoms with Gasteiger partial charge in [0, 0.05) is 17.7 Å². The minimum absolute atomic E-state index is 0.0936. The average molecular weight is 348 g/mol. The first-order valence-electron chi connectivity index (χ1n) is 6.60. The molecule has 0 N–H and O–H groups in total. The Hall–Kier alpha value is -0.450. The number of rotatable bonds is 2. The van der Waals surface area contributed by atoms with Gasteiger partial charge in [-0.3, -0.25) is 0 Å². The molecular weight excluding hydrogens is 332 g/mol. The standard InChI is InChI=1S/C14H16BrClO3/c15-14(11-3-1-2-4-17-11)9-7-12-13(8-10(9)16)19-6-5-18-12/h7-8,11,14H,1-6H2. The molecule has 3 rings (SSSR count). The van der Waals surface area contributed by atoms with Gasteiger partial charge in [0.05, 0.1) is 10.9 Å². The molecule has 0 spiro atoms. The van der Waals surface area contributed by atoms with Gasteiger partial charge in [-0.15, -0.1) is 0 Å². The predicted molar refractivity (Wildman–Crippen MR) is 77.7 cm³/mol. The van der Waals surface area contributed by atoms with E-state index in [1.165, 1.54) is 6.42 Å². The van der Waals surface area contributed by atoms with Gasteiger partial charge in [-0.05, 0) is 30.9 Å². The summed E-state index contributed by atoms with van der Waals surface area (Å²) in [5, 5.41) is 0.695. The lowest BCUT2D eigenvalue weighted by Crippen LogP contribution is -2.24. The summed E-state index contributed by atoms with van der Waals surface area (Å²) in [4.78, 5) is 0.0936. The summed E-state index contributed by atoms with van der Waals surface area (Å²) in [6, 6.07) is 3.80. The zero-order valence-corrected chi connectivity index (χ0v) is 12.9. The Morgan fingerprint density at radius 1 is 1.11 bits per heavy atom. The largest absolute Gasteiger partial charge is 0.486 e. The second kappa shape index (κ2) is 5.90. The molecule has 0 radical (unpaired) electrons. The molecule has 1 fully saturated rings. The van der Waals surface area contributed by atoms with Crippen LogP contribution >= 0.6 is 27.5 Å². The molecule has 0 bridgehead atoms. The normalized spacial score (nSPS) is 24.0. The van der Waals surface area contributed by atoms with E-state index < -0.39 is 0 Å². The molecule has 0 aromatic heterocycles. The van der Waals surface area contributed by atoms with Crippen molar-refractivity contribution in [3.05, 3.63) is 22.7 Å². The first kappa shape index (κ1) is 13.5. The number of alkyl halides is 1. The highest BCUT2D eigenvalue weighted by molar-refractivity contribution is 9.09. The van der Waals surface area contributed by atoms with E-state index in [0.29, 0.717) is 18.2 Å². The predicted octanol–water partition coefficient (Wildman–Crippen LogP) is 4.12. The molecule has 2 aliphatic rings. The van der Waals surface area contributed by atoms with Crippen LogP contribution in [0.25, 0.3) is 0 Å². The van der Waals surface area contributed by atoms with E-state index in [0.717, 1.165) is 36.5 Å². The maximum atomic E-state index is 6.35. The lowest BCUT2D eigenvalue weighted by atomic mass is 10.0. The van der Waals surface area contributed by atoms with Crippen LogP contribution in [-0.4, -0.2) is 25.9 Å². The highest BCUT2D eigenvalue weighted by Gasteiger charge is 2.27. The van der Waals surface area contributed by atoms with Crippen LogP contribution in [0.4, 0.5) is 0 Å². The van der Waals surface area contributed by atoms with Gasteiger partial charge in [0.25, 0.3) is 0 Å². The fraction of sp³-hybridized carbons (Fsp3) is 0.571. The molecule has 1 aromatic rings. The fourth-order valence-electron chi connectivity index (χ4n) is 2.49. The van der Waals surface area contributed by atoms with Crippen molar-refractivity contribution in [1.82, 2.24) is 0 Å². The zero-order chi connectivity index (χ0) is 13.2. The molecule has 19 heavy (non-hydrogen) atoms. The molecule has 2 aliphatic heterocycles. The van der Waals surface area contributed by atoms with Gasteiger partial charge < -0.3 is 14.2 Å². The molecule has 1 aromatic carbocycles. The second-order valence-electron chi connectivity index (χ2n) is 4.82. The summed E-state index contributed by atoms with van der Waals surface area (Å²) in [5.74, 6) is 1.50. The van der Waals surface area contributed by atoms with E-state index >= 15 is 0 Å². The number of halogens is 2. The van der Waals surface area contributed by atoms with Crippen molar-refractivity contribution in [2.45, 2.75) is 30.2 Å². The third-order valence-corrected chi connectivity index (χ3v) is 4.91. The van der Waals surface area contributed by atoms with E-state index in [-0.39, 0.29) is 10.9 Å². The third-order valence-electron chi connectivity index (χ3n) is 3.50. The molecule has 0 saturated carbocycles. The molecule has 2 heterocycles. The van der Waals surface area contributed by atoms with Crippen LogP contribution < -0.4 is 9.47 Å². The average Bonchev–Trinajstić information content (AvgIpc) is 2.47. The first-order valence-corrected chi connectivity index (χ1v) is 7.90. The van der Waals surface area contributed by atoms with Crippen LogP contribution in [-0.2, 0) is 4.74 Å². The molecule has 0 aliphatic carbocycles. The maximum Gasteiger partial charge on any atom is 0.162 e. The Bertz CT molecular complexity index is 460. The molecule has 5 heteroatoms. The van der Waals surface area contributed by atoms with Crippen molar-refractivity contribution < 1.29 is 14.2 Å². The van der Waals surface area contributed by atoms with Crippen LogP contribution in [0, 0.1) is 0 Å². The van der Waals surface area contributed by atoms with E-state index in [2.05, 4.69) is 15.9 Å². The Labute approximate surface area is 126 Å². The molecule has 0 amide bonds. The van der Waals surface area contributed by atoms with Crippen molar-refractivity contribution in [2.24, 2.45) is 0 Å². The fourth-order valence-corrected chi connectivity index (χ4v) is 3.69. The Balaban J connectivity index is 1.86. The van der Waals surface area contributed by atoms with Crippen molar-refractivity contribution >= 4 is 27.5 Å². The molecule has 104 valence electrons. The van der Waals surface area contributed by atoms with Gasteiger partial charge >= 0.3 is 0 Å². The lowest BCUT2D eigenvalue weighted by molar-refractivity contribution is 0.0160. The van der Waals surface area contributed by atoms with Gasteiger partial charge in [0.15, 0.2) is 11.5 Å². The highest BCUT2D eigenvalue weighted by Crippen LogP contribution is 2.42. The highest BCUT2D eigenvalue weighted by atomic mass is 79.9. The zero-order valence-electron chi connectivity index (χ0n) is 10.5. The molecule has 2 unspecified atom stereocenters. The van der Waals surface area contributed by atoms with E-state index in [1.807, 2.05) is 12.1 Å². The van der Waals surface area contributed by atoms with Crippen molar-refractivity contribution in [3.8, 4) is 11.5 Å². The lowest BCUT2D eigenvalue weighted by Gasteiger charge is -2.28. The summed E-state index contributed by atoms with van der Waals surface area (Å²) in [6.07, 6.45) is 3.58. The van der Waals surface area contributed by atoms with Gasteiger partial charge in [-0.2, -0.15) is 0 Å². The Morgan fingerprint density at radius 3 is 2.53 bits per heavy atom. The monoisotopic (exact) mass is 346 g/mol. The smallest absolute Gasteiger partial charge is 0.162 e. The van der Waals surface area contributed by atoms with Gasteiger partial charge in [-0.25, -0.2) is 0 Å². The van der Waals surface area contributed by atoms with E-state index in [9.17, 15) is 0 Å². The van der Waals surface area contributed by atoms with Gasteiger partial charge in [-0.1, -0.05) is 27.5 Å². The minimum Gasteiger partial charge on any atom is -0.486 e. The van der Waals surface area contributed by atoms with Crippen molar-refractivity contribution in [1.29, 1.82) is 0 Å².